The number of carbonyl (C=O) groups excluding carboxylic acids is 1. The molecule has 4 aromatic rings. The van der Waals surface area contributed by atoms with Crippen LogP contribution in [-0.2, 0) is 4.79 Å². The number of H-pyrrole nitrogens is 1. The number of carbonyl (C=O) groups is 1. The molecule has 2 N–H and O–H groups in total. The molecular weight excluding hydrogens is 452 g/mol. The summed E-state index contributed by atoms with van der Waals surface area (Å²) >= 11 is 1.22. The molecular formula is C25H26N4O4S. The summed E-state index contributed by atoms with van der Waals surface area (Å²) in [5.74, 6) is 2.14. The highest BCUT2D eigenvalue weighted by Crippen LogP contribution is 2.34. The summed E-state index contributed by atoms with van der Waals surface area (Å²) in [6.45, 7) is 5.42. The number of aromatic nitrogens is 3. The van der Waals surface area contributed by atoms with Gasteiger partial charge in [0.05, 0.1) is 30.6 Å². The SMILES string of the molecule is CC(C)C(NC(=O)CSc1nnc(-c2c[nH]c3ccccc23)o1)c1ccc2c(c1)OCCCO2. The van der Waals surface area contributed by atoms with Crippen LogP contribution in [0.1, 0.15) is 31.9 Å². The molecule has 2 aromatic heterocycles. The number of hydrogen-bond donors (Lipinski definition) is 2. The van der Waals surface area contributed by atoms with Gasteiger partial charge in [-0.05, 0) is 29.7 Å². The molecule has 0 aliphatic carbocycles. The van der Waals surface area contributed by atoms with Crippen molar-refractivity contribution in [3.63, 3.8) is 0 Å². The van der Waals surface area contributed by atoms with Gasteiger partial charge in [0.1, 0.15) is 0 Å². The number of fused-ring (bicyclic) bond motifs is 2. The maximum absolute atomic E-state index is 12.8. The Morgan fingerprint density at radius 1 is 1.12 bits per heavy atom. The molecule has 9 heteroatoms. The van der Waals surface area contributed by atoms with E-state index < -0.39 is 0 Å². The van der Waals surface area contributed by atoms with E-state index in [0.717, 1.165) is 39.9 Å². The summed E-state index contributed by atoms with van der Waals surface area (Å²) in [5, 5.41) is 12.8. The normalized spacial score (nSPS) is 14.2. The lowest BCUT2D eigenvalue weighted by molar-refractivity contribution is -0.119. The van der Waals surface area contributed by atoms with E-state index in [0.29, 0.717) is 24.3 Å². The second-order valence-electron chi connectivity index (χ2n) is 8.46. The molecule has 5 rings (SSSR count). The lowest BCUT2D eigenvalue weighted by Crippen LogP contribution is -2.33. The van der Waals surface area contributed by atoms with E-state index in [1.165, 1.54) is 11.8 Å². The molecule has 1 atom stereocenters. The highest BCUT2D eigenvalue weighted by atomic mass is 32.2. The Bertz CT molecular complexity index is 1300. The third-order valence-corrected chi connectivity index (χ3v) is 6.49. The van der Waals surface area contributed by atoms with E-state index in [1.807, 2.05) is 48.7 Å². The molecule has 0 radical (unpaired) electrons. The van der Waals surface area contributed by atoms with Gasteiger partial charge in [0, 0.05) is 23.5 Å². The van der Waals surface area contributed by atoms with Crippen LogP contribution in [0.15, 0.2) is 58.3 Å². The first kappa shape index (κ1) is 22.3. The molecule has 176 valence electrons. The van der Waals surface area contributed by atoms with Gasteiger partial charge in [0.15, 0.2) is 11.5 Å². The van der Waals surface area contributed by atoms with E-state index in [2.05, 4.69) is 34.3 Å². The van der Waals surface area contributed by atoms with Crippen molar-refractivity contribution < 1.29 is 18.7 Å². The Balaban J connectivity index is 1.23. The number of benzene rings is 2. The molecule has 1 unspecified atom stereocenters. The zero-order valence-corrected chi connectivity index (χ0v) is 19.9. The number of para-hydroxylation sites is 1. The van der Waals surface area contributed by atoms with Crippen LogP contribution >= 0.6 is 11.8 Å². The van der Waals surface area contributed by atoms with Crippen molar-refractivity contribution in [2.24, 2.45) is 5.92 Å². The maximum Gasteiger partial charge on any atom is 0.277 e. The number of nitrogens with zero attached hydrogens (tertiary/aromatic N) is 2. The molecule has 0 fully saturated rings. The molecule has 0 saturated carbocycles. The molecule has 1 amide bonds. The van der Waals surface area contributed by atoms with Crippen molar-refractivity contribution >= 4 is 28.6 Å². The summed E-state index contributed by atoms with van der Waals surface area (Å²) in [7, 11) is 0. The van der Waals surface area contributed by atoms with Gasteiger partial charge >= 0.3 is 0 Å². The average molecular weight is 479 g/mol. The number of hydrogen-bond acceptors (Lipinski definition) is 7. The van der Waals surface area contributed by atoms with Crippen molar-refractivity contribution in [2.45, 2.75) is 31.5 Å². The van der Waals surface area contributed by atoms with Crippen molar-refractivity contribution in [1.82, 2.24) is 20.5 Å². The Morgan fingerprint density at radius 2 is 1.94 bits per heavy atom. The Morgan fingerprint density at radius 3 is 2.79 bits per heavy atom. The number of rotatable bonds is 7. The van der Waals surface area contributed by atoms with Gasteiger partial charge in [0.25, 0.3) is 11.1 Å². The van der Waals surface area contributed by atoms with Crippen LogP contribution in [-0.4, -0.2) is 40.1 Å². The highest BCUT2D eigenvalue weighted by Gasteiger charge is 2.22. The number of amides is 1. The van der Waals surface area contributed by atoms with E-state index in [4.69, 9.17) is 13.9 Å². The first-order chi connectivity index (χ1) is 16.6. The molecule has 8 nitrogen and oxygen atoms in total. The quantitative estimate of drug-likeness (QED) is 0.361. The lowest BCUT2D eigenvalue weighted by Gasteiger charge is -2.23. The molecule has 0 saturated heterocycles. The van der Waals surface area contributed by atoms with Crippen LogP contribution in [0.5, 0.6) is 11.5 Å². The Hall–Kier alpha value is -3.46. The maximum atomic E-state index is 12.8. The topological polar surface area (TPSA) is 102 Å². The Labute approximate surface area is 201 Å². The minimum Gasteiger partial charge on any atom is -0.490 e. The van der Waals surface area contributed by atoms with Crippen LogP contribution in [0.25, 0.3) is 22.4 Å². The summed E-state index contributed by atoms with van der Waals surface area (Å²) in [4.78, 5) is 16.0. The van der Waals surface area contributed by atoms with Gasteiger partial charge in [0.2, 0.25) is 5.91 Å². The molecule has 0 bridgehead atoms. The second kappa shape index (κ2) is 9.80. The number of thioether (sulfide) groups is 1. The first-order valence-electron chi connectivity index (χ1n) is 11.3. The minimum atomic E-state index is -0.158. The average Bonchev–Trinajstić information content (AvgIpc) is 3.41. The minimum absolute atomic E-state index is 0.109. The number of ether oxygens (including phenoxy) is 2. The molecule has 1 aliphatic heterocycles. The Kier molecular flexibility index (Phi) is 6.44. The summed E-state index contributed by atoms with van der Waals surface area (Å²) in [6, 6.07) is 13.6. The molecule has 3 heterocycles. The fraction of sp³-hybridized carbons (Fsp3) is 0.320. The molecule has 0 spiro atoms. The van der Waals surface area contributed by atoms with E-state index in [1.54, 1.807) is 0 Å². The second-order valence-corrected chi connectivity index (χ2v) is 9.38. The third kappa shape index (κ3) is 4.75. The van der Waals surface area contributed by atoms with Crippen LogP contribution in [0.4, 0.5) is 0 Å². The third-order valence-electron chi connectivity index (χ3n) is 5.67. The zero-order chi connectivity index (χ0) is 23.5. The van der Waals surface area contributed by atoms with Crippen molar-refractivity contribution in [2.75, 3.05) is 19.0 Å². The number of nitrogens with one attached hydrogen (secondary N) is 2. The van der Waals surface area contributed by atoms with Gasteiger partial charge in [-0.2, -0.15) is 0 Å². The first-order valence-corrected chi connectivity index (χ1v) is 12.3. The van der Waals surface area contributed by atoms with E-state index in [-0.39, 0.29) is 23.6 Å². The zero-order valence-electron chi connectivity index (χ0n) is 19.0. The smallest absolute Gasteiger partial charge is 0.277 e. The van der Waals surface area contributed by atoms with Gasteiger partial charge in [-0.1, -0.05) is 49.9 Å². The summed E-state index contributed by atoms with van der Waals surface area (Å²) in [6.07, 6.45) is 2.70. The van der Waals surface area contributed by atoms with Crippen LogP contribution in [0.3, 0.4) is 0 Å². The van der Waals surface area contributed by atoms with Crippen molar-refractivity contribution in [1.29, 1.82) is 0 Å². The molecule has 34 heavy (non-hydrogen) atoms. The van der Waals surface area contributed by atoms with Crippen molar-refractivity contribution in [3.8, 4) is 23.0 Å². The van der Waals surface area contributed by atoms with E-state index >= 15 is 0 Å². The van der Waals surface area contributed by atoms with Crippen molar-refractivity contribution in [3.05, 3.63) is 54.2 Å². The highest BCUT2D eigenvalue weighted by molar-refractivity contribution is 7.99. The monoisotopic (exact) mass is 478 g/mol. The fourth-order valence-corrected chi connectivity index (χ4v) is 4.55. The van der Waals surface area contributed by atoms with E-state index in [9.17, 15) is 4.79 Å². The molecule has 2 aromatic carbocycles. The van der Waals surface area contributed by atoms with Gasteiger partial charge < -0.3 is 24.2 Å². The van der Waals surface area contributed by atoms with Crippen LogP contribution in [0, 0.1) is 5.92 Å². The standard InChI is InChI=1S/C25H26N4O4S/c1-15(2)23(16-8-9-20-21(12-16)32-11-5-10-31-20)27-22(30)14-34-25-29-28-24(33-25)18-13-26-19-7-4-3-6-17(18)19/h3-4,6-9,12-13,15,23,26H,5,10-11,14H2,1-2H3,(H,27,30). The van der Waals surface area contributed by atoms with Crippen LogP contribution in [0.2, 0.25) is 0 Å². The summed E-state index contributed by atoms with van der Waals surface area (Å²) < 4.78 is 17.3. The van der Waals surface area contributed by atoms with Crippen LogP contribution < -0.4 is 14.8 Å². The van der Waals surface area contributed by atoms with Gasteiger partial charge in [-0.15, -0.1) is 10.2 Å². The van der Waals surface area contributed by atoms with Gasteiger partial charge in [-0.25, -0.2) is 0 Å². The molecule has 1 aliphatic rings. The predicted molar refractivity (Wildman–Crippen MR) is 130 cm³/mol. The lowest BCUT2D eigenvalue weighted by atomic mass is 9.95. The summed E-state index contributed by atoms with van der Waals surface area (Å²) in [5.41, 5.74) is 2.82. The number of aromatic amines is 1. The largest absolute Gasteiger partial charge is 0.490 e. The van der Waals surface area contributed by atoms with Gasteiger partial charge in [-0.3, -0.25) is 4.79 Å². The fourth-order valence-electron chi connectivity index (χ4n) is 3.98. The predicted octanol–water partition coefficient (Wildman–Crippen LogP) is 4.98.